The van der Waals surface area contributed by atoms with Crippen molar-refractivity contribution in [2.45, 2.75) is 26.2 Å². The van der Waals surface area contributed by atoms with E-state index in [1.54, 1.807) is 0 Å². The average Bonchev–Trinajstić information content (AvgIpc) is 2.47. The van der Waals surface area contributed by atoms with Crippen molar-refractivity contribution in [1.29, 1.82) is 0 Å². The average molecular weight is 292 g/mol. The van der Waals surface area contributed by atoms with Crippen molar-refractivity contribution >= 4 is 5.84 Å². The van der Waals surface area contributed by atoms with Gasteiger partial charge in [-0.05, 0) is 6.42 Å². The minimum Gasteiger partial charge on any atom is -0.409 e. The summed E-state index contributed by atoms with van der Waals surface area (Å²) in [5.41, 5.74) is 5.28. The minimum atomic E-state index is 0.167. The van der Waals surface area contributed by atoms with Crippen molar-refractivity contribution < 1.29 is 24.2 Å². The van der Waals surface area contributed by atoms with Gasteiger partial charge in [-0.15, -0.1) is 0 Å². The number of nitrogens with zero attached hydrogens (tertiary/aromatic N) is 1. The van der Waals surface area contributed by atoms with Crippen molar-refractivity contribution in [1.82, 2.24) is 0 Å². The first kappa shape index (κ1) is 19.1. The highest BCUT2D eigenvalue weighted by molar-refractivity contribution is 5.79. The van der Waals surface area contributed by atoms with Gasteiger partial charge in [0.1, 0.15) is 5.84 Å². The molecule has 0 bridgehead atoms. The van der Waals surface area contributed by atoms with Crippen LogP contribution in [-0.2, 0) is 18.9 Å². The van der Waals surface area contributed by atoms with Crippen LogP contribution in [0, 0.1) is 0 Å². The molecule has 0 fully saturated rings. The van der Waals surface area contributed by atoms with E-state index < -0.39 is 0 Å². The molecule has 0 aromatic carbocycles. The quantitative estimate of drug-likeness (QED) is 0.154. The predicted octanol–water partition coefficient (Wildman–Crippen LogP) is 0.989. The van der Waals surface area contributed by atoms with Gasteiger partial charge in [0.25, 0.3) is 0 Å². The van der Waals surface area contributed by atoms with E-state index >= 15 is 0 Å². The summed E-state index contributed by atoms with van der Waals surface area (Å²) >= 11 is 0. The molecule has 3 N–H and O–H groups in total. The van der Waals surface area contributed by atoms with Crippen LogP contribution in [0.5, 0.6) is 0 Å². The molecule has 0 heterocycles. The van der Waals surface area contributed by atoms with Crippen molar-refractivity contribution in [3.8, 4) is 0 Å². The van der Waals surface area contributed by atoms with E-state index in [9.17, 15) is 0 Å². The Balaban J connectivity index is 2.99. The van der Waals surface area contributed by atoms with Crippen molar-refractivity contribution in [3.05, 3.63) is 0 Å². The number of rotatable bonds is 15. The van der Waals surface area contributed by atoms with E-state index in [-0.39, 0.29) is 5.84 Å². The monoisotopic (exact) mass is 292 g/mol. The van der Waals surface area contributed by atoms with Gasteiger partial charge >= 0.3 is 0 Å². The zero-order valence-electron chi connectivity index (χ0n) is 12.4. The van der Waals surface area contributed by atoms with Gasteiger partial charge in [0.15, 0.2) is 0 Å². The van der Waals surface area contributed by atoms with Gasteiger partial charge < -0.3 is 29.9 Å². The second kappa shape index (κ2) is 16.2. The molecular formula is C13H28N2O5. The van der Waals surface area contributed by atoms with Crippen molar-refractivity contribution in [3.63, 3.8) is 0 Å². The zero-order chi connectivity index (χ0) is 14.9. The lowest BCUT2D eigenvalue weighted by Crippen LogP contribution is -2.16. The summed E-state index contributed by atoms with van der Waals surface area (Å²) in [7, 11) is 0. The summed E-state index contributed by atoms with van der Waals surface area (Å²) in [5.74, 6) is 0.167. The lowest BCUT2D eigenvalue weighted by molar-refractivity contribution is -0.00139. The van der Waals surface area contributed by atoms with Crippen molar-refractivity contribution in [2.75, 3.05) is 52.9 Å². The fourth-order valence-corrected chi connectivity index (χ4v) is 1.23. The Labute approximate surface area is 121 Å². The molecule has 0 amide bonds. The van der Waals surface area contributed by atoms with E-state index in [0.717, 1.165) is 19.4 Å². The number of oxime groups is 1. The molecule has 0 spiro atoms. The minimum absolute atomic E-state index is 0.167. The first-order chi connectivity index (χ1) is 9.81. The lowest BCUT2D eigenvalue weighted by Gasteiger charge is -2.07. The fraction of sp³-hybridized carbons (Fsp3) is 0.923. The maximum Gasteiger partial charge on any atom is 0.141 e. The molecule has 0 rings (SSSR count). The van der Waals surface area contributed by atoms with Gasteiger partial charge in [-0.1, -0.05) is 18.5 Å². The van der Waals surface area contributed by atoms with Crippen LogP contribution in [0.2, 0.25) is 0 Å². The smallest absolute Gasteiger partial charge is 0.141 e. The Morgan fingerprint density at radius 2 is 1.30 bits per heavy atom. The molecule has 7 nitrogen and oxygen atoms in total. The number of ether oxygens (including phenoxy) is 4. The van der Waals surface area contributed by atoms with Crippen LogP contribution < -0.4 is 5.73 Å². The highest BCUT2D eigenvalue weighted by Gasteiger charge is 1.94. The molecule has 0 atom stereocenters. The van der Waals surface area contributed by atoms with E-state index in [1.807, 2.05) is 0 Å². The molecule has 0 saturated heterocycles. The van der Waals surface area contributed by atoms with Crippen LogP contribution >= 0.6 is 0 Å². The third-order valence-electron chi connectivity index (χ3n) is 2.39. The Kier molecular flexibility index (Phi) is 15.4. The van der Waals surface area contributed by atoms with E-state index in [0.29, 0.717) is 52.7 Å². The van der Waals surface area contributed by atoms with Gasteiger partial charge in [-0.3, -0.25) is 0 Å². The molecule has 0 aliphatic heterocycles. The fourth-order valence-electron chi connectivity index (χ4n) is 1.23. The van der Waals surface area contributed by atoms with Gasteiger partial charge in [-0.25, -0.2) is 0 Å². The van der Waals surface area contributed by atoms with Crippen LogP contribution in [0.15, 0.2) is 5.16 Å². The second-order valence-corrected chi connectivity index (χ2v) is 4.14. The standard InChI is InChI=1S/C13H28N2O5/c1-2-3-5-17-7-9-19-11-12-20-10-8-18-6-4-13(14)15-16/h16H,2-12H2,1H3,(H2,14,15). The summed E-state index contributed by atoms with van der Waals surface area (Å²) in [6, 6.07) is 0. The molecule has 120 valence electrons. The van der Waals surface area contributed by atoms with Crippen LogP contribution in [0.25, 0.3) is 0 Å². The molecule has 0 aliphatic carbocycles. The third-order valence-corrected chi connectivity index (χ3v) is 2.39. The number of amidine groups is 1. The van der Waals surface area contributed by atoms with Gasteiger partial charge in [-0.2, -0.15) is 0 Å². The SMILES string of the molecule is CCCCOCCOCCOCCOCCC(N)=NO. The highest BCUT2D eigenvalue weighted by Crippen LogP contribution is 1.88. The molecular weight excluding hydrogens is 264 g/mol. The highest BCUT2D eigenvalue weighted by atomic mass is 16.6. The topological polar surface area (TPSA) is 95.5 Å². The lowest BCUT2D eigenvalue weighted by atomic mass is 10.4. The molecule has 20 heavy (non-hydrogen) atoms. The Morgan fingerprint density at radius 1 is 0.850 bits per heavy atom. The molecule has 0 aromatic heterocycles. The van der Waals surface area contributed by atoms with Gasteiger partial charge in [0.05, 0.1) is 46.2 Å². The van der Waals surface area contributed by atoms with E-state index in [2.05, 4.69) is 12.1 Å². The summed E-state index contributed by atoms with van der Waals surface area (Å²) in [6.07, 6.45) is 2.66. The maximum absolute atomic E-state index is 8.30. The van der Waals surface area contributed by atoms with Crippen LogP contribution in [0.4, 0.5) is 0 Å². The zero-order valence-corrected chi connectivity index (χ0v) is 12.4. The molecule has 7 heteroatoms. The third kappa shape index (κ3) is 15.2. The van der Waals surface area contributed by atoms with E-state index in [1.165, 1.54) is 0 Å². The molecule has 0 aliphatic rings. The van der Waals surface area contributed by atoms with Crippen LogP contribution in [0.1, 0.15) is 26.2 Å². The van der Waals surface area contributed by atoms with E-state index in [4.69, 9.17) is 29.9 Å². The summed E-state index contributed by atoms with van der Waals surface area (Å²) in [6.45, 7) is 6.69. The van der Waals surface area contributed by atoms with Gasteiger partial charge in [0, 0.05) is 13.0 Å². The predicted molar refractivity (Wildman–Crippen MR) is 76.2 cm³/mol. The number of hydrogen-bond acceptors (Lipinski definition) is 6. The molecule has 0 unspecified atom stereocenters. The molecule has 0 radical (unpaired) electrons. The number of unbranched alkanes of at least 4 members (excludes halogenated alkanes) is 1. The Hall–Kier alpha value is -0.890. The summed E-state index contributed by atoms with van der Waals surface area (Å²) < 4.78 is 21.2. The van der Waals surface area contributed by atoms with Crippen molar-refractivity contribution in [2.24, 2.45) is 10.9 Å². The molecule has 0 aromatic rings. The molecule has 0 saturated carbocycles. The first-order valence-electron chi connectivity index (χ1n) is 7.08. The largest absolute Gasteiger partial charge is 0.409 e. The number of nitrogens with two attached hydrogens (primary N) is 1. The Bertz CT molecular complexity index is 227. The van der Waals surface area contributed by atoms with Gasteiger partial charge in [0.2, 0.25) is 0 Å². The maximum atomic E-state index is 8.30. The normalized spacial score (nSPS) is 11.9. The first-order valence-corrected chi connectivity index (χ1v) is 7.08. The summed E-state index contributed by atoms with van der Waals surface area (Å²) in [5, 5.41) is 11.1. The number of hydrogen-bond donors (Lipinski definition) is 2. The van der Waals surface area contributed by atoms with Crippen LogP contribution in [-0.4, -0.2) is 63.9 Å². The second-order valence-electron chi connectivity index (χ2n) is 4.14. The van der Waals surface area contributed by atoms with Crippen LogP contribution in [0.3, 0.4) is 0 Å². The Morgan fingerprint density at radius 3 is 1.75 bits per heavy atom. The summed E-state index contributed by atoms with van der Waals surface area (Å²) in [4.78, 5) is 0.